The summed E-state index contributed by atoms with van der Waals surface area (Å²) in [5.41, 5.74) is 14.5. The molecule has 4 rings (SSSR count). The molecule has 0 spiro atoms. The Bertz CT molecular complexity index is 758. The molecular formula is C18H19N3. The Morgan fingerprint density at radius 2 is 1.81 bits per heavy atom. The second-order valence-electron chi connectivity index (χ2n) is 6.06. The van der Waals surface area contributed by atoms with E-state index in [1.807, 2.05) is 12.2 Å². The van der Waals surface area contributed by atoms with Gasteiger partial charge in [-0.2, -0.15) is 0 Å². The van der Waals surface area contributed by atoms with Gasteiger partial charge in [-0.1, -0.05) is 42.5 Å². The van der Waals surface area contributed by atoms with Crippen LogP contribution < -0.4 is 11.5 Å². The number of fused-ring (bicyclic) bond motifs is 1. The highest BCUT2D eigenvalue weighted by atomic mass is 15.0. The zero-order chi connectivity index (χ0) is 14.4. The molecular weight excluding hydrogens is 258 g/mol. The van der Waals surface area contributed by atoms with Crippen molar-refractivity contribution in [2.24, 2.45) is 16.5 Å². The van der Waals surface area contributed by atoms with Gasteiger partial charge in [0, 0.05) is 6.21 Å². The second kappa shape index (κ2) is 4.52. The number of rotatable bonds is 2. The molecule has 0 radical (unpaired) electrons. The van der Waals surface area contributed by atoms with Crippen molar-refractivity contribution in [2.45, 2.75) is 30.5 Å². The van der Waals surface area contributed by atoms with Crippen molar-refractivity contribution in [3.63, 3.8) is 0 Å². The van der Waals surface area contributed by atoms with Gasteiger partial charge >= 0.3 is 0 Å². The summed E-state index contributed by atoms with van der Waals surface area (Å²) in [7, 11) is 0. The number of nitrogens with two attached hydrogens (primary N) is 2. The van der Waals surface area contributed by atoms with E-state index in [0.29, 0.717) is 5.92 Å². The first-order chi connectivity index (χ1) is 10.2. The summed E-state index contributed by atoms with van der Waals surface area (Å²) < 4.78 is 0. The molecule has 0 amide bonds. The van der Waals surface area contributed by atoms with Crippen LogP contribution in [0.25, 0.3) is 10.8 Å². The van der Waals surface area contributed by atoms with Crippen molar-refractivity contribution < 1.29 is 0 Å². The van der Waals surface area contributed by atoms with E-state index in [2.05, 4.69) is 41.4 Å². The van der Waals surface area contributed by atoms with Crippen molar-refractivity contribution in [3.05, 3.63) is 59.7 Å². The summed E-state index contributed by atoms with van der Waals surface area (Å²) in [5, 5.41) is 2.50. The van der Waals surface area contributed by atoms with Crippen molar-refractivity contribution in [2.75, 3.05) is 0 Å². The van der Waals surface area contributed by atoms with Crippen LogP contribution in [0, 0.1) is 0 Å². The van der Waals surface area contributed by atoms with E-state index < -0.39 is 11.7 Å². The number of aliphatic imine (C=N–C) groups is 1. The van der Waals surface area contributed by atoms with Gasteiger partial charge in [-0.3, -0.25) is 4.99 Å². The van der Waals surface area contributed by atoms with Crippen LogP contribution in [-0.4, -0.2) is 12.4 Å². The third-order valence-electron chi connectivity index (χ3n) is 4.64. The maximum atomic E-state index is 6.61. The Hall–Kier alpha value is -1.97. The summed E-state index contributed by atoms with van der Waals surface area (Å²) in [6.45, 7) is 0. The van der Waals surface area contributed by atoms with Crippen LogP contribution in [0.1, 0.15) is 29.9 Å². The third kappa shape index (κ3) is 1.93. The van der Waals surface area contributed by atoms with Crippen molar-refractivity contribution in [3.8, 4) is 0 Å². The van der Waals surface area contributed by atoms with E-state index in [4.69, 9.17) is 11.5 Å². The largest absolute Gasteiger partial charge is 0.315 e. The fraction of sp³-hybridized carbons (Fsp3) is 0.278. The number of allylic oxidation sites excluding steroid dienone is 1. The van der Waals surface area contributed by atoms with Crippen molar-refractivity contribution in [1.82, 2.24) is 0 Å². The van der Waals surface area contributed by atoms with Crippen LogP contribution in [-0.2, 0) is 5.54 Å². The first-order valence-electron chi connectivity index (χ1n) is 7.48. The summed E-state index contributed by atoms with van der Waals surface area (Å²) in [6.07, 6.45) is 7.70. The molecule has 1 fully saturated rings. The molecule has 0 aromatic heterocycles. The van der Waals surface area contributed by atoms with E-state index in [0.717, 1.165) is 5.56 Å². The Labute approximate surface area is 124 Å². The molecule has 3 heteroatoms. The number of dihydropyridines is 1. The lowest BCUT2D eigenvalue weighted by Gasteiger charge is -2.33. The number of nitrogens with zero attached hydrogens (tertiary/aromatic N) is 1. The normalized spacial score (nSPS) is 28.2. The topological polar surface area (TPSA) is 64.4 Å². The Balaban J connectivity index is 1.96. The van der Waals surface area contributed by atoms with E-state index in [9.17, 15) is 0 Å². The standard InChI is InChI=1S/C18H19N3/c19-17-18(20,10-3-11-21-17)16-9-8-13(12-6-7-12)14-4-1-2-5-15(14)16/h1-5,8-12,17H,6-7,19-20H2. The van der Waals surface area contributed by atoms with Gasteiger partial charge in [0.15, 0.2) is 0 Å². The van der Waals surface area contributed by atoms with Crippen molar-refractivity contribution in [1.29, 1.82) is 0 Å². The van der Waals surface area contributed by atoms with E-state index in [1.54, 1.807) is 6.21 Å². The Morgan fingerprint density at radius 3 is 2.52 bits per heavy atom. The van der Waals surface area contributed by atoms with Gasteiger partial charge in [0.25, 0.3) is 0 Å². The van der Waals surface area contributed by atoms with Crippen LogP contribution in [0.3, 0.4) is 0 Å². The van der Waals surface area contributed by atoms with Crippen LogP contribution >= 0.6 is 0 Å². The number of hydrogen-bond donors (Lipinski definition) is 2. The molecule has 1 saturated carbocycles. The molecule has 3 nitrogen and oxygen atoms in total. The minimum Gasteiger partial charge on any atom is -0.315 e. The Kier molecular flexibility index (Phi) is 2.74. The van der Waals surface area contributed by atoms with Crippen LogP contribution in [0.2, 0.25) is 0 Å². The van der Waals surface area contributed by atoms with Gasteiger partial charge in [-0.05, 0) is 46.7 Å². The predicted molar refractivity (Wildman–Crippen MR) is 87.4 cm³/mol. The lowest BCUT2D eigenvalue weighted by atomic mass is 9.82. The average Bonchev–Trinajstić information content (AvgIpc) is 3.34. The van der Waals surface area contributed by atoms with Crippen LogP contribution in [0.4, 0.5) is 0 Å². The second-order valence-corrected chi connectivity index (χ2v) is 6.06. The first-order valence-corrected chi connectivity index (χ1v) is 7.48. The van der Waals surface area contributed by atoms with E-state index in [-0.39, 0.29) is 0 Å². The average molecular weight is 277 g/mol. The number of hydrogen-bond acceptors (Lipinski definition) is 3. The molecule has 2 unspecified atom stereocenters. The summed E-state index contributed by atoms with van der Waals surface area (Å²) in [6, 6.07) is 12.9. The maximum Gasteiger partial charge on any atom is 0.123 e. The fourth-order valence-corrected chi connectivity index (χ4v) is 3.27. The quantitative estimate of drug-likeness (QED) is 0.886. The molecule has 2 aromatic carbocycles. The summed E-state index contributed by atoms with van der Waals surface area (Å²) in [4.78, 5) is 4.28. The highest BCUT2D eigenvalue weighted by molar-refractivity contribution is 5.91. The molecule has 2 atom stereocenters. The minimum atomic E-state index is -0.740. The molecule has 21 heavy (non-hydrogen) atoms. The van der Waals surface area contributed by atoms with Crippen molar-refractivity contribution >= 4 is 17.0 Å². The minimum absolute atomic E-state index is 0.447. The van der Waals surface area contributed by atoms with E-state index >= 15 is 0 Å². The fourth-order valence-electron chi connectivity index (χ4n) is 3.27. The van der Waals surface area contributed by atoms with Gasteiger partial charge < -0.3 is 11.5 Å². The lowest BCUT2D eigenvalue weighted by Crippen LogP contribution is -2.51. The monoisotopic (exact) mass is 277 g/mol. The molecule has 106 valence electrons. The molecule has 2 aromatic rings. The van der Waals surface area contributed by atoms with Crippen LogP contribution in [0.15, 0.2) is 53.5 Å². The molecule has 0 bridgehead atoms. The van der Waals surface area contributed by atoms with Gasteiger partial charge in [0.2, 0.25) is 0 Å². The summed E-state index contributed by atoms with van der Waals surface area (Å²) >= 11 is 0. The zero-order valence-electron chi connectivity index (χ0n) is 11.9. The zero-order valence-corrected chi connectivity index (χ0v) is 11.9. The third-order valence-corrected chi connectivity index (χ3v) is 4.64. The van der Waals surface area contributed by atoms with Gasteiger partial charge in [-0.15, -0.1) is 0 Å². The molecule has 0 saturated heterocycles. The Morgan fingerprint density at radius 1 is 1.05 bits per heavy atom. The highest BCUT2D eigenvalue weighted by Gasteiger charge is 2.35. The highest BCUT2D eigenvalue weighted by Crippen LogP contribution is 2.44. The molecule has 1 aliphatic heterocycles. The van der Waals surface area contributed by atoms with Gasteiger partial charge in [-0.25, -0.2) is 0 Å². The summed E-state index contributed by atoms with van der Waals surface area (Å²) in [5.74, 6) is 0.714. The molecule has 1 heterocycles. The van der Waals surface area contributed by atoms with Gasteiger partial charge in [0.1, 0.15) is 6.17 Å². The van der Waals surface area contributed by atoms with Crippen LogP contribution in [0.5, 0.6) is 0 Å². The molecule has 1 aliphatic carbocycles. The molecule has 4 N–H and O–H groups in total. The SMILES string of the molecule is NC1N=CC=CC1(N)c1ccc(C2CC2)c2ccccc12. The van der Waals surface area contributed by atoms with E-state index in [1.165, 1.54) is 29.2 Å². The lowest BCUT2D eigenvalue weighted by molar-refractivity contribution is 0.449. The predicted octanol–water partition coefficient (Wildman–Crippen LogP) is 2.80. The van der Waals surface area contributed by atoms with Gasteiger partial charge in [0.05, 0.1) is 5.54 Å². The first kappa shape index (κ1) is 12.7. The number of benzene rings is 2. The molecule has 2 aliphatic rings. The smallest absolute Gasteiger partial charge is 0.123 e. The maximum absolute atomic E-state index is 6.61.